The Kier molecular flexibility index (Phi) is 5.34. The summed E-state index contributed by atoms with van der Waals surface area (Å²) in [5.41, 5.74) is 0.299. The zero-order valence-corrected chi connectivity index (χ0v) is 11.1. The number of nitrogens with zero attached hydrogens (tertiary/aromatic N) is 1. The highest BCUT2D eigenvalue weighted by Crippen LogP contribution is 2.38. The maximum absolute atomic E-state index is 10.8. The Morgan fingerprint density at radius 2 is 2.32 bits per heavy atom. The van der Waals surface area contributed by atoms with Gasteiger partial charge in [0.2, 0.25) is 0 Å². The summed E-state index contributed by atoms with van der Waals surface area (Å²) in [7, 11) is 1.35. The predicted octanol–water partition coefficient (Wildman–Crippen LogP) is 1.39. The number of morpholine rings is 1. The molecule has 8 heteroatoms. The van der Waals surface area contributed by atoms with Gasteiger partial charge >= 0.3 is 0 Å². The third-order valence-corrected chi connectivity index (χ3v) is 2.82. The average molecular weight is 291 g/mol. The van der Waals surface area contributed by atoms with E-state index in [-0.39, 0.29) is 35.6 Å². The molecule has 106 valence electrons. The van der Waals surface area contributed by atoms with E-state index in [1.54, 1.807) is 0 Å². The molecule has 7 nitrogen and oxygen atoms in total. The molecule has 0 bridgehead atoms. The number of benzene rings is 1. The molecule has 0 radical (unpaired) electrons. The second-order valence-electron chi connectivity index (χ2n) is 3.92. The van der Waals surface area contributed by atoms with Crippen molar-refractivity contribution >= 4 is 18.1 Å². The number of nitrogens with one attached hydrogen (secondary N) is 1. The Morgan fingerprint density at radius 1 is 1.58 bits per heavy atom. The number of non-ortho nitro benzene ring substituents is 1. The van der Waals surface area contributed by atoms with Crippen LogP contribution in [0.25, 0.3) is 0 Å². The molecule has 2 N–H and O–H groups in total. The molecule has 19 heavy (non-hydrogen) atoms. The Balaban J connectivity index is 0.00000180. The lowest BCUT2D eigenvalue weighted by molar-refractivity contribution is -0.385. The number of ether oxygens (including phenoxy) is 2. The van der Waals surface area contributed by atoms with Crippen molar-refractivity contribution in [3.05, 3.63) is 27.8 Å². The molecule has 0 spiro atoms. The van der Waals surface area contributed by atoms with Crippen LogP contribution in [-0.2, 0) is 4.74 Å². The summed E-state index contributed by atoms with van der Waals surface area (Å²) in [5, 5.41) is 24.0. The van der Waals surface area contributed by atoms with E-state index in [4.69, 9.17) is 9.47 Å². The number of halogens is 1. The highest BCUT2D eigenvalue weighted by Gasteiger charge is 2.24. The number of nitro groups is 1. The van der Waals surface area contributed by atoms with Crippen LogP contribution in [-0.4, -0.2) is 36.9 Å². The van der Waals surface area contributed by atoms with Crippen molar-refractivity contribution in [2.24, 2.45) is 0 Å². The van der Waals surface area contributed by atoms with Gasteiger partial charge in [-0.2, -0.15) is 0 Å². The van der Waals surface area contributed by atoms with Gasteiger partial charge < -0.3 is 19.9 Å². The van der Waals surface area contributed by atoms with Crippen LogP contribution >= 0.6 is 12.4 Å². The van der Waals surface area contributed by atoms with Gasteiger partial charge in [0.25, 0.3) is 5.69 Å². The van der Waals surface area contributed by atoms with Crippen LogP contribution in [0.2, 0.25) is 0 Å². The van der Waals surface area contributed by atoms with Gasteiger partial charge in [-0.3, -0.25) is 10.1 Å². The molecule has 0 unspecified atom stereocenters. The largest absolute Gasteiger partial charge is 0.504 e. The van der Waals surface area contributed by atoms with Gasteiger partial charge in [0.15, 0.2) is 11.5 Å². The van der Waals surface area contributed by atoms with E-state index in [2.05, 4.69) is 5.32 Å². The number of methoxy groups -OCH3 is 1. The summed E-state index contributed by atoms with van der Waals surface area (Å²) in [6.07, 6.45) is 0. The van der Waals surface area contributed by atoms with Crippen LogP contribution in [0, 0.1) is 10.1 Å². The second kappa shape index (κ2) is 6.55. The van der Waals surface area contributed by atoms with Gasteiger partial charge in [-0.15, -0.1) is 12.4 Å². The molecule has 1 aliphatic heterocycles. The van der Waals surface area contributed by atoms with Gasteiger partial charge in [-0.25, -0.2) is 0 Å². The van der Waals surface area contributed by atoms with Gasteiger partial charge in [-0.1, -0.05) is 0 Å². The summed E-state index contributed by atoms with van der Waals surface area (Å²) in [5.74, 6) is -0.00215. The molecule has 1 aromatic carbocycles. The number of phenolic OH excluding ortho intramolecular Hbond substituents is 1. The molecule has 1 aromatic rings. The molecular weight excluding hydrogens is 276 g/mol. The van der Waals surface area contributed by atoms with E-state index in [0.717, 1.165) is 0 Å². The minimum Gasteiger partial charge on any atom is -0.504 e. The number of rotatable bonds is 3. The number of phenols is 1. The fraction of sp³-hybridized carbons (Fsp3) is 0.455. The molecule has 1 heterocycles. The van der Waals surface area contributed by atoms with E-state index >= 15 is 0 Å². The van der Waals surface area contributed by atoms with E-state index < -0.39 is 4.92 Å². The van der Waals surface area contributed by atoms with E-state index in [1.165, 1.54) is 19.2 Å². The lowest BCUT2D eigenvalue weighted by Crippen LogP contribution is -2.34. The average Bonchev–Trinajstić information content (AvgIpc) is 2.39. The van der Waals surface area contributed by atoms with Crippen LogP contribution in [0.5, 0.6) is 11.5 Å². The van der Waals surface area contributed by atoms with Gasteiger partial charge in [0, 0.05) is 18.2 Å². The van der Waals surface area contributed by atoms with E-state index in [0.29, 0.717) is 25.3 Å². The van der Waals surface area contributed by atoms with Crippen LogP contribution in [0.1, 0.15) is 11.6 Å². The quantitative estimate of drug-likeness (QED) is 0.645. The van der Waals surface area contributed by atoms with Crippen LogP contribution in [0.3, 0.4) is 0 Å². The van der Waals surface area contributed by atoms with Crippen LogP contribution in [0.4, 0.5) is 5.69 Å². The first-order chi connectivity index (χ1) is 8.63. The van der Waals surface area contributed by atoms with Crippen LogP contribution in [0.15, 0.2) is 12.1 Å². The summed E-state index contributed by atoms with van der Waals surface area (Å²) in [4.78, 5) is 10.3. The maximum atomic E-state index is 10.8. The van der Waals surface area contributed by atoms with E-state index in [1.807, 2.05) is 0 Å². The molecule has 1 atom stereocenters. The molecule has 0 amide bonds. The molecule has 0 aliphatic carbocycles. The highest BCUT2D eigenvalue weighted by molar-refractivity contribution is 5.85. The first-order valence-electron chi connectivity index (χ1n) is 5.50. The summed E-state index contributed by atoms with van der Waals surface area (Å²) >= 11 is 0. The van der Waals surface area contributed by atoms with Gasteiger partial charge in [0.1, 0.15) is 0 Å². The summed E-state index contributed by atoms with van der Waals surface area (Å²) < 4.78 is 10.2. The standard InChI is InChI=1S/C11H14N2O5.ClH/c1-17-10-5-7(13(15)16)4-8(11(10)14)9-6-18-3-2-12-9;/h4-5,9,12,14H,2-3,6H2,1H3;1H/t9-;/m1./s1. The highest BCUT2D eigenvalue weighted by atomic mass is 35.5. The lowest BCUT2D eigenvalue weighted by Gasteiger charge is -2.25. The Bertz CT molecular complexity index is 463. The van der Waals surface area contributed by atoms with Crippen molar-refractivity contribution in [3.63, 3.8) is 0 Å². The van der Waals surface area contributed by atoms with Gasteiger partial charge in [-0.05, 0) is 0 Å². The number of nitro benzene ring substituents is 1. The fourth-order valence-corrected chi connectivity index (χ4v) is 1.91. The predicted molar refractivity (Wildman–Crippen MR) is 70.1 cm³/mol. The third-order valence-electron chi connectivity index (χ3n) is 2.82. The topological polar surface area (TPSA) is 93.9 Å². The first kappa shape index (κ1) is 15.5. The number of aromatic hydroxyl groups is 1. The van der Waals surface area contributed by atoms with Crippen molar-refractivity contribution < 1.29 is 19.5 Å². The molecule has 0 aromatic heterocycles. The Morgan fingerprint density at radius 3 is 2.84 bits per heavy atom. The monoisotopic (exact) mass is 290 g/mol. The normalized spacial score (nSPS) is 18.5. The molecule has 1 fully saturated rings. The zero-order valence-electron chi connectivity index (χ0n) is 10.3. The fourth-order valence-electron chi connectivity index (χ4n) is 1.91. The minimum absolute atomic E-state index is 0. The third kappa shape index (κ3) is 3.25. The van der Waals surface area contributed by atoms with Crippen molar-refractivity contribution in [1.29, 1.82) is 0 Å². The van der Waals surface area contributed by atoms with Crippen LogP contribution < -0.4 is 10.1 Å². The number of hydrogen-bond acceptors (Lipinski definition) is 6. The van der Waals surface area contributed by atoms with E-state index in [9.17, 15) is 15.2 Å². The first-order valence-corrected chi connectivity index (χ1v) is 5.50. The van der Waals surface area contributed by atoms with Crippen molar-refractivity contribution in [2.45, 2.75) is 6.04 Å². The maximum Gasteiger partial charge on any atom is 0.273 e. The molecular formula is C11H15ClN2O5. The summed E-state index contributed by atoms with van der Waals surface area (Å²) in [6, 6.07) is 2.26. The summed E-state index contributed by atoms with van der Waals surface area (Å²) in [6.45, 7) is 1.58. The zero-order chi connectivity index (χ0) is 13.1. The number of hydrogen-bond donors (Lipinski definition) is 2. The molecule has 0 saturated carbocycles. The van der Waals surface area contributed by atoms with Crippen molar-refractivity contribution in [2.75, 3.05) is 26.9 Å². The molecule has 2 rings (SSSR count). The second-order valence-corrected chi connectivity index (χ2v) is 3.92. The molecule has 1 saturated heterocycles. The lowest BCUT2D eigenvalue weighted by atomic mass is 10.0. The van der Waals surface area contributed by atoms with Crippen molar-refractivity contribution in [1.82, 2.24) is 5.32 Å². The Hall–Kier alpha value is -1.57. The Labute approximate surface area is 116 Å². The van der Waals surface area contributed by atoms with Gasteiger partial charge in [0.05, 0.1) is 37.4 Å². The molecule has 1 aliphatic rings. The van der Waals surface area contributed by atoms with Crippen molar-refractivity contribution in [3.8, 4) is 11.5 Å². The SMILES string of the molecule is COc1cc([N+](=O)[O-])cc([C@H]2COCCN2)c1O.Cl. The minimum atomic E-state index is -0.519. The smallest absolute Gasteiger partial charge is 0.273 e.